The number of nitrogens with zero attached hydrogens (tertiary/aromatic N) is 1. The summed E-state index contributed by atoms with van der Waals surface area (Å²) in [6, 6.07) is 7.30. The van der Waals surface area contributed by atoms with Crippen molar-refractivity contribution in [3.63, 3.8) is 0 Å². The van der Waals surface area contributed by atoms with E-state index in [2.05, 4.69) is 5.32 Å². The number of hydrogen-bond donors (Lipinski definition) is 1. The molecule has 126 valence electrons. The Labute approximate surface area is 147 Å². The van der Waals surface area contributed by atoms with Crippen LogP contribution in [0.5, 0.6) is 0 Å². The fraction of sp³-hybridized carbons (Fsp3) is 0.125. The Bertz CT molecular complexity index is 779. The van der Waals surface area contributed by atoms with Crippen molar-refractivity contribution in [2.24, 2.45) is 0 Å². The van der Waals surface area contributed by atoms with Gasteiger partial charge in [-0.2, -0.15) is 0 Å². The van der Waals surface area contributed by atoms with E-state index in [4.69, 9.17) is 23.2 Å². The lowest BCUT2D eigenvalue weighted by Crippen LogP contribution is -2.35. The molecule has 2 amide bonds. The second-order valence-electron chi connectivity index (χ2n) is 4.93. The van der Waals surface area contributed by atoms with Gasteiger partial charge in [0.05, 0.1) is 27.8 Å². The molecule has 0 unspecified atom stereocenters. The smallest absolute Gasteiger partial charge is 0.257 e. The van der Waals surface area contributed by atoms with E-state index >= 15 is 0 Å². The Hall–Kier alpha value is -2.18. The number of carbonyl (C=O) groups excluding carboxylic acids is 2. The van der Waals surface area contributed by atoms with Crippen LogP contribution in [-0.4, -0.2) is 30.3 Å². The minimum Gasteiger partial charge on any atom is -0.332 e. The molecule has 0 aliphatic heterocycles. The van der Waals surface area contributed by atoms with Gasteiger partial charge in [-0.15, -0.1) is 0 Å². The van der Waals surface area contributed by atoms with Crippen LogP contribution in [0.15, 0.2) is 36.4 Å². The van der Waals surface area contributed by atoms with E-state index in [0.717, 1.165) is 17.0 Å². The Morgan fingerprint density at radius 3 is 2.33 bits per heavy atom. The number of likely N-dealkylation sites (N-methyl/N-ethyl adjacent to an activating group) is 1. The molecule has 2 aromatic carbocycles. The number of amides is 2. The summed E-state index contributed by atoms with van der Waals surface area (Å²) in [5.41, 5.74) is -0.109. The first-order valence-electron chi connectivity index (χ1n) is 6.74. The number of nitrogens with one attached hydrogen (secondary N) is 1. The predicted octanol–water partition coefficient (Wildman–Crippen LogP) is 3.98. The van der Waals surface area contributed by atoms with Gasteiger partial charge in [0, 0.05) is 13.1 Å². The van der Waals surface area contributed by atoms with Crippen molar-refractivity contribution in [3.05, 3.63) is 63.6 Å². The maximum absolute atomic E-state index is 13.6. The molecule has 8 heteroatoms. The molecule has 0 saturated carbocycles. The third kappa shape index (κ3) is 4.21. The van der Waals surface area contributed by atoms with Gasteiger partial charge >= 0.3 is 0 Å². The van der Waals surface area contributed by atoms with Crippen LogP contribution in [0.1, 0.15) is 10.4 Å². The lowest BCUT2D eigenvalue weighted by atomic mass is 10.2. The normalized spacial score (nSPS) is 10.4. The maximum Gasteiger partial charge on any atom is 0.257 e. The molecule has 1 N–H and O–H groups in total. The molecule has 24 heavy (non-hydrogen) atoms. The molecular formula is C16H12Cl2F2N2O2. The summed E-state index contributed by atoms with van der Waals surface area (Å²) in [5, 5.41) is 2.98. The van der Waals surface area contributed by atoms with Gasteiger partial charge in [-0.25, -0.2) is 8.78 Å². The van der Waals surface area contributed by atoms with Crippen LogP contribution in [0, 0.1) is 11.6 Å². The van der Waals surface area contributed by atoms with Gasteiger partial charge in [-0.05, 0) is 24.3 Å². The van der Waals surface area contributed by atoms with Crippen molar-refractivity contribution in [2.45, 2.75) is 0 Å². The standard InChI is InChI=1S/C16H12Cl2F2N2O2/c1-22(16(24)10-6-5-9(19)7-13(10)20)8-14(23)21-15-11(17)3-2-4-12(15)18/h2-7H,8H2,1H3,(H,21,23). The van der Waals surface area contributed by atoms with E-state index in [1.165, 1.54) is 7.05 Å². The summed E-state index contributed by atoms with van der Waals surface area (Å²) < 4.78 is 26.5. The van der Waals surface area contributed by atoms with Crippen molar-refractivity contribution in [3.8, 4) is 0 Å². The number of anilines is 1. The summed E-state index contributed by atoms with van der Waals surface area (Å²) >= 11 is 11.9. The molecule has 0 radical (unpaired) electrons. The Morgan fingerprint density at radius 2 is 1.75 bits per heavy atom. The zero-order chi connectivity index (χ0) is 17.9. The number of benzene rings is 2. The van der Waals surface area contributed by atoms with Gasteiger partial charge < -0.3 is 10.2 Å². The number of para-hydroxylation sites is 1. The summed E-state index contributed by atoms with van der Waals surface area (Å²) in [7, 11) is 1.32. The third-order valence-electron chi connectivity index (χ3n) is 3.12. The van der Waals surface area contributed by atoms with E-state index in [-0.39, 0.29) is 27.8 Å². The molecular weight excluding hydrogens is 361 g/mol. The fourth-order valence-corrected chi connectivity index (χ4v) is 2.44. The SMILES string of the molecule is CN(CC(=O)Nc1c(Cl)cccc1Cl)C(=O)c1ccc(F)cc1F. The minimum absolute atomic E-state index is 0.222. The average Bonchev–Trinajstić information content (AvgIpc) is 2.50. The first-order chi connectivity index (χ1) is 11.3. The molecule has 2 aromatic rings. The van der Waals surface area contributed by atoms with Crippen LogP contribution in [0.4, 0.5) is 14.5 Å². The molecule has 4 nitrogen and oxygen atoms in total. The van der Waals surface area contributed by atoms with Gasteiger partial charge in [0.15, 0.2) is 0 Å². The first-order valence-corrected chi connectivity index (χ1v) is 7.49. The van der Waals surface area contributed by atoms with Crippen molar-refractivity contribution < 1.29 is 18.4 Å². The van der Waals surface area contributed by atoms with Crippen molar-refractivity contribution in [1.82, 2.24) is 4.90 Å². The van der Waals surface area contributed by atoms with E-state index in [1.54, 1.807) is 18.2 Å². The van der Waals surface area contributed by atoms with Gasteiger partial charge in [0.2, 0.25) is 5.91 Å². The topological polar surface area (TPSA) is 49.4 Å². The molecule has 0 aliphatic rings. The van der Waals surface area contributed by atoms with Crippen LogP contribution in [0.3, 0.4) is 0 Å². The largest absolute Gasteiger partial charge is 0.332 e. The van der Waals surface area contributed by atoms with E-state index < -0.39 is 23.4 Å². The molecule has 0 spiro atoms. The van der Waals surface area contributed by atoms with Crippen LogP contribution in [0.25, 0.3) is 0 Å². The fourth-order valence-electron chi connectivity index (χ4n) is 1.95. The summed E-state index contributed by atoms with van der Waals surface area (Å²) in [6.07, 6.45) is 0. The minimum atomic E-state index is -0.999. The quantitative estimate of drug-likeness (QED) is 0.882. The van der Waals surface area contributed by atoms with Crippen molar-refractivity contribution in [2.75, 3.05) is 18.9 Å². The molecule has 0 aromatic heterocycles. The van der Waals surface area contributed by atoms with E-state index in [1.807, 2.05) is 0 Å². The Morgan fingerprint density at radius 1 is 1.12 bits per heavy atom. The third-order valence-corrected chi connectivity index (χ3v) is 3.75. The predicted molar refractivity (Wildman–Crippen MR) is 88.4 cm³/mol. The highest BCUT2D eigenvalue weighted by Crippen LogP contribution is 2.29. The summed E-state index contributed by atoms with van der Waals surface area (Å²) in [4.78, 5) is 25.2. The maximum atomic E-state index is 13.6. The highest BCUT2D eigenvalue weighted by Gasteiger charge is 2.19. The van der Waals surface area contributed by atoms with E-state index in [0.29, 0.717) is 6.07 Å². The number of carbonyl (C=O) groups is 2. The van der Waals surface area contributed by atoms with Crippen LogP contribution in [0.2, 0.25) is 10.0 Å². The molecule has 2 rings (SSSR count). The zero-order valence-corrected chi connectivity index (χ0v) is 14.0. The zero-order valence-electron chi connectivity index (χ0n) is 12.4. The molecule has 0 fully saturated rings. The highest BCUT2D eigenvalue weighted by molar-refractivity contribution is 6.39. The molecule has 0 saturated heterocycles. The molecule has 0 bridgehead atoms. The monoisotopic (exact) mass is 372 g/mol. The van der Waals surface area contributed by atoms with Crippen molar-refractivity contribution >= 4 is 40.7 Å². The number of hydrogen-bond acceptors (Lipinski definition) is 2. The summed E-state index contributed by atoms with van der Waals surface area (Å²) in [6.45, 7) is -0.364. The molecule has 0 aliphatic carbocycles. The Balaban J connectivity index is 2.07. The van der Waals surface area contributed by atoms with Crippen LogP contribution in [-0.2, 0) is 4.79 Å². The van der Waals surface area contributed by atoms with Gasteiger partial charge in [0.25, 0.3) is 5.91 Å². The van der Waals surface area contributed by atoms with E-state index in [9.17, 15) is 18.4 Å². The van der Waals surface area contributed by atoms with Crippen LogP contribution < -0.4 is 5.32 Å². The second-order valence-corrected chi connectivity index (χ2v) is 5.74. The summed E-state index contributed by atoms with van der Waals surface area (Å²) in [5.74, 6) is -3.12. The van der Waals surface area contributed by atoms with Crippen LogP contribution >= 0.6 is 23.2 Å². The lowest BCUT2D eigenvalue weighted by molar-refractivity contribution is -0.116. The van der Waals surface area contributed by atoms with Gasteiger partial charge in [-0.1, -0.05) is 29.3 Å². The lowest BCUT2D eigenvalue weighted by Gasteiger charge is -2.18. The van der Waals surface area contributed by atoms with Gasteiger partial charge in [-0.3, -0.25) is 9.59 Å². The van der Waals surface area contributed by atoms with Gasteiger partial charge in [0.1, 0.15) is 11.6 Å². The average molecular weight is 373 g/mol. The second kappa shape index (κ2) is 7.59. The number of halogens is 4. The highest BCUT2D eigenvalue weighted by atomic mass is 35.5. The number of rotatable bonds is 4. The Kier molecular flexibility index (Phi) is 5.75. The first kappa shape index (κ1) is 18.2. The van der Waals surface area contributed by atoms with Crippen molar-refractivity contribution in [1.29, 1.82) is 0 Å². The molecule has 0 heterocycles. The molecule has 0 atom stereocenters.